The molecule has 0 amide bonds. The predicted molar refractivity (Wildman–Crippen MR) is 78.0 cm³/mol. The van der Waals surface area contributed by atoms with Gasteiger partial charge in [0.2, 0.25) is 5.75 Å². The standard InChI is InChI=1S/C16H19NO3/c1-11(12-5-3-2-4-6-12)9-17-10-13-7-8-14(18)16(20)15(13)19/h2-8,11,17-20H,9-10H2,1H3. The van der Waals surface area contributed by atoms with Crippen LogP contribution in [-0.2, 0) is 6.54 Å². The summed E-state index contributed by atoms with van der Waals surface area (Å²) in [5.74, 6) is -0.710. The molecular formula is C16H19NO3. The first kappa shape index (κ1) is 14.2. The topological polar surface area (TPSA) is 72.7 Å². The van der Waals surface area contributed by atoms with E-state index in [-0.39, 0.29) is 11.5 Å². The fraction of sp³-hybridized carbons (Fsp3) is 0.250. The third kappa shape index (κ3) is 3.22. The molecule has 0 spiro atoms. The highest BCUT2D eigenvalue weighted by Crippen LogP contribution is 2.36. The maximum absolute atomic E-state index is 9.71. The Balaban J connectivity index is 1.92. The minimum atomic E-state index is -0.472. The van der Waals surface area contributed by atoms with Gasteiger partial charge in [0.15, 0.2) is 11.5 Å². The van der Waals surface area contributed by atoms with Crippen LogP contribution in [-0.4, -0.2) is 21.9 Å². The molecule has 2 rings (SSSR count). The Labute approximate surface area is 118 Å². The number of hydrogen-bond donors (Lipinski definition) is 4. The lowest BCUT2D eigenvalue weighted by Gasteiger charge is -2.14. The minimum absolute atomic E-state index is 0.273. The second-order valence-electron chi connectivity index (χ2n) is 4.88. The fourth-order valence-corrected chi connectivity index (χ4v) is 2.08. The normalized spacial score (nSPS) is 12.2. The van der Waals surface area contributed by atoms with Crippen molar-refractivity contribution < 1.29 is 15.3 Å². The Morgan fingerprint density at radius 1 is 0.950 bits per heavy atom. The highest BCUT2D eigenvalue weighted by molar-refractivity contribution is 5.53. The highest BCUT2D eigenvalue weighted by atomic mass is 16.3. The van der Waals surface area contributed by atoms with Gasteiger partial charge in [-0.25, -0.2) is 0 Å². The zero-order valence-corrected chi connectivity index (χ0v) is 11.4. The highest BCUT2D eigenvalue weighted by Gasteiger charge is 2.11. The van der Waals surface area contributed by atoms with E-state index in [1.165, 1.54) is 11.6 Å². The van der Waals surface area contributed by atoms with Crippen LogP contribution in [0.1, 0.15) is 24.0 Å². The Morgan fingerprint density at radius 3 is 2.35 bits per heavy atom. The van der Waals surface area contributed by atoms with Crippen molar-refractivity contribution >= 4 is 0 Å². The molecule has 2 aromatic carbocycles. The summed E-state index contributed by atoms with van der Waals surface area (Å²) in [6.45, 7) is 3.30. The van der Waals surface area contributed by atoms with Crippen LogP contribution < -0.4 is 5.32 Å². The largest absolute Gasteiger partial charge is 0.504 e. The van der Waals surface area contributed by atoms with Crippen LogP contribution in [0.5, 0.6) is 17.2 Å². The number of nitrogens with one attached hydrogen (secondary N) is 1. The molecule has 20 heavy (non-hydrogen) atoms. The van der Waals surface area contributed by atoms with Crippen molar-refractivity contribution in [3.05, 3.63) is 53.6 Å². The molecule has 0 radical (unpaired) electrons. The van der Waals surface area contributed by atoms with Gasteiger partial charge in [-0.1, -0.05) is 43.3 Å². The van der Waals surface area contributed by atoms with E-state index in [0.29, 0.717) is 18.0 Å². The predicted octanol–water partition coefficient (Wildman–Crippen LogP) is 2.70. The Hall–Kier alpha value is -2.20. The van der Waals surface area contributed by atoms with E-state index in [4.69, 9.17) is 0 Å². The summed E-state index contributed by atoms with van der Waals surface area (Å²) in [4.78, 5) is 0. The van der Waals surface area contributed by atoms with Gasteiger partial charge < -0.3 is 20.6 Å². The van der Waals surface area contributed by atoms with Crippen LogP contribution in [0.15, 0.2) is 42.5 Å². The van der Waals surface area contributed by atoms with Crippen molar-refractivity contribution in [1.82, 2.24) is 5.32 Å². The monoisotopic (exact) mass is 273 g/mol. The number of benzene rings is 2. The van der Waals surface area contributed by atoms with E-state index >= 15 is 0 Å². The third-order valence-corrected chi connectivity index (χ3v) is 3.35. The second kappa shape index (κ2) is 6.30. The van der Waals surface area contributed by atoms with Gasteiger partial charge in [-0.05, 0) is 17.5 Å². The number of hydrogen-bond acceptors (Lipinski definition) is 4. The summed E-state index contributed by atoms with van der Waals surface area (Å²) < 4.78 is 0. The van der Waals surface area contributed by atoms with Gasteiger partial charge in [-0.2, -0.15) is 0 Å². The van der Waals surface area contributed by atoms with Crippen LogP contribution in [0.4, 0.5) is 0 Å². The van der Waals surface area contributed by atoms with Gasteiger partial charge >= 0.3 is 0 Å². The van der Waals surface area contributed by atoms with Gasteiger partial charge in [0, 0.05) is 18.7 Å². The maximum Gasteiger partial charge on any atom is 0.200 e. The first-order chi connectivity index (χ1) is 9.59. The second-order valence-corrected chi connectivity index (χ2v) is 4.88. The van der Waals surface area contributed by atoms with Gasteiger partial charge in [0.05, 0.1) is 0 Å². The number of rotatable bonds is 5. The van der Waals surface area contributed by atoms with Crippen LogP contribution >= 0.6 is 0 Å². The van der Waals surface area contributed by atoms with E-state index in [1.807, 2.05) is 18.2 Å². The lowest BCUT2D eigenvalue weighted by atomic mass is 10.0. The Morgan fingerprint density at radius 2 is 1.65 bits per heavy atom. The molecule has 0 aliphatic carbocycles. The zero-order chi connectivity index (χ0) is 14.5. The van der Waals surface area contributed by atoms with Crippen LogP contribution in [0, 0.1) is 0 Å². The minimum Gasteiger partial charge on any atom is -0.504 e. The molecule has 1 atom stereocenters. The van der Waals surface area contributed by atoms with E-state index in [2.05, 4.69) is 24.4 Å². The fourth-order valence-electron chi connectivity index (χ4n) is 2.08. The summed E-state index contributed by atoms with van der Waals surface area (Å²) in [6, 6.07) is 13.1. The Kier molecular flexibility index (Phi) is 4.48. The van der Waals surface area contributed by atoms with Gasteiger partial charge in [-0.3, -0.25) is 0 Å². The van der Waals surface area contributed by atoms with Gasteiger partial charge in [-0.15, -0.1) is 0 Å². The summed E-state index contributed by atoms with van der Waals surface area (Å²) in [5, 5.41) is 31.6. The number of phenols is 3. The van der Waals surface area contributed by atoms with E-state index in [9.17, 15) is 15.3 Å². The molecule has 0 saturated carbocycles. The number of aromatic hydroxyl groups is 3. The van der Waals surface area contributed by atoms with Gasteiger partial charge in [0.1, 0.15) is 0 Å². The molecule has 106 valence electrons. The molecule has 0 aliphatic rings. The van der Waals surface area contributed by atoms with Crippen molar-refractivity contribution in [3.8, 4) is 17.2 Å². The van der Waals surface area contributed by atoms with E-state index in [0.717, 1.165) is 6.54 Å². The maximum atomic E-state index is 9.71. The molecule has 1 unspecified atom stereocenters. The SMILES string of the molecule is CC(CNCc1ccc(O)c(O)c1O)c1ccccc1. The molecule has 0 fully saturated rings. The number of phenolic OH excluding ortho intramolecular Hbond substituents is 3. The molecular weight excluding hydrogens is 254 g/mol. The Bertz CT molecular complexity index is 569. The molecule has 2 aromatic rings. The van der Waals surface area contributed by atoms with Crippen molar-refractivity contribution in [3.63, 3.8) is 0 Å². The van der Waals surface area contributed by atoms with E-state index in [1.54, 1.807) is 6.07 Å². The van der Waals surface area contributed by atoms with Crippen LogP contribution in [0.25, 0.3) is 0 Å². The summed E-state index contributed by atoms with van der Waals surface area (Å²) in [6.07, 6.45) is 0. The molecule has 4 N–H and O–H groups in total. The first-order valence-electron chi connectivity index (χ1n) is 6.58. The average molecular weight is 273 g/mol. The first-order valence-corrected chi connectivity index (χ1v) is 6.58. The van der Waals surface area contributed by atoms with Crippen LogP contribution in [0.3, 0.4) is 0 Å². The summed E-state index contributed by atoms with van der Waals surface area (Å²) >= 11 is 0. The molecule has 0 bridgehead atoms. The quantitative estimate of drug-likeness (QED) is 0.632. The van der Waals surface area contributed by atoms with Crippen LogP contribution in [0.2, 0.25) is 0 Å². The lowest BCUT2D eigenvalue weighted by Crippen LogP contribution is -2.19. The lowest BCUT2D eigenvalue weighted by molar-refractivity contribution is 0.364. The summed E-state index contributed by atoms with van der Waals surface area (Å²) in [7, 11) is 0. The van der Waals surface area contributed by atoms with Crippen molar-refractivity contribution in [2.75, 3.05) is 6.54 Å². The molecule has 0 aromatic heterocycles. The van der Waals surface area contributed by atoms with Crippen molar-refractivity contribution in [2.24, 2.45) is 0 Å². The molecule has 0 heterocycles. The zero-order valence-electron chi connectivity index (χ0n) is 11.4. The molecule has 0 aliphatic heterocycles. The summed E-state index contributed by atoms with van der Waals surface area (Å²) in [5.41, 5.74) is 1.80. The van der Waals surface area contributed by atoms with Crippen molar-refractivity contribution in [2.45, 2.75) is 19.4 Å². The average Bonchev–Trinajstić information content (AvgIpc) is 2.48. The van der Waals surface area contributed by atoms with E-state index < -0.39 is 5.75 Å². The third-order valence-electron chi connectivity index (χ3n) is 3.35. The molecule has 4 nitrogen and oxygen atoms in total. The smallest absolute Gasteiger partial charge is 0.200 e. The van der Waals surface area contributed by atoms with Crippen molar-refractivity contribution in [1.29, 1.82) is 0 Å². The molecule has 4 heteroatoms. The molecule has 0 saturated heterocycles. The van der Waals surface area contributed by atoms with Gasteiger partial charge in [0.25, 0.3) is 0 Å².